The molecule has 0 aliphatic rings. The SMILES string of the molecule is Cc1ccccc1-c1noc([C@H](C)NC(=O)c2cccnc2)n1. The topological polar surface area (TPSA) is 80.9 Å². The first-order valence-corrected chi connectivity index (χ1v) is 7.25. The van der Waals surface area contributed by atoms with Crippen LogP contribution in [0.1, 0.15) is 34.8 Å². The molecule has 0 bridgehead atoms. The summed E-state index contributed by atoms with van der Waals surface area (Å²) >= 11 is 0. The molecule has 6 heteroatoms. The van der Waals surface area contributed by atoms with Gasteiger partial charge in [0.15, 0.2) is 0 Å². The highest BCUT2D eigenvalue weighted by Crippen LogP contribution is 2.21. The maximum absolute atomic E-state index is 12.1. The molecule has 0 aliphatic heterocycles. The maximum Gasteiger partial charge on any atom is 0.253 e. The molecule has 0 unspecified atom stereocenters. The van der Waals surface area contributed by atoms with Gasteiger partial charge in [-0.25, -0.2) is 0 Å². The minimum atomic E-state index is -0.395. The highest BCUT2D eigenvalue weighted by atomic mass is 16.5. The molecule has 0 radical (unpaired) electrons. The smallest absolute Gasteiger partial charge is 0.253 e. The number of nitrogens with one attached hydrogen (secondary N) is 1. The number of benzene rings is 1. The second kappa shape index (κ2) is 6.39. The number of carbonyl (C=O) groups excluding carboxylic acids is 1. The zero-order valence-corrected chi connectivity index (χ0v) is 12.9. The van der Waals surface area contributed by atoms with Gasteiger partial charge in [-0.15, -0.1) is 0 Å². The number of nitrogens with zero attached hydrogens (tertiary/aromatic N) is 3. The molecule has 2 heterocycles. The molecule has 116 valence electrons. The van der Waals surface area contributed by atoms with Crippen LogP contribution in [0.15, 0.2) is 53.3 Å². The Labute approximate surface area is 133 Å². The van der Waals surface area contributed by atoms with Crippen molar-refractivity contribution in [1.82, 2.24) is 20.4 Å². The van der Waals surface area contributed by atoms with E-state index in [1.165, 1.54) is 6.20 Å². The largest absolute Gasteiger partial charge is 0.340 e. The number of aryl methyl sites for hydroxylation is 1. The average molecular weight is 308 g/mol. The Morgan fingerprint density at radius 2 is 2.04 bits per heavy atom. The van der Waals surface area contributed by atoms with Gasteiger partial charge < -0.3 is 9.84 Å². The second-order valence-corrected chi connectivity index (χ2v) is 5.21. The van der Waals surface area contributed by atoms with Gasteiger partial charge in [0.25, 0.3) is 5.91 Å². The van der Waals surface area contributed by atoms with Crippen molar-refractivity contribution in [3.05, 3.63) is 65.8 Å². The molecule has 0 spiro atoms. The monoisotopic (exact) mass is 308 g/mol. The predicted molar refractivity (Wildman–Crippen MR) is 84.6 cm³/mol. The molecule has 3 aromatic rings. The molecule has 0 saturated heterocycles. The van der Waals surface area contributed by atoms with E-state index in [1.807, 2.05) is 31.2 Å². The summed E-state index contributed by atoms with van der Waals surface area (Å²) in [6.07, 6.45) is 3.13. The van der Waals surface area contributed by atoms with E-state index in [4.69, 9.17) is 4.52 Å². The summed E-state index contributed by atoms with van der Waals surface area (Å²) in [5, 5.41) is 6.82. The Bertz CT molecular complexity index is 814. The van der Waals surface area contributed by atoms with Crippen LogP contribution in [0.5, 0.6) is 0 Å². The minimum absolute atomic E-state index is 0.235. The molecule has 1 atom stereocenters. The number of hydrogen-bond donors (Lipinski definition) is 1. The van der Waals surface area contributed by atoms with Crippen molar-refractivity contribution in [2.45, 2.75) is 19.9 Å². The van der Waals surface area contributed by atoms with Gasteiger partial charge in [0.05, 0.1) is 5.56 Å². The fourth-order valence-electron chi connectivity index (χ4n) is 2.18. The molecule has 1 N–H and O–H groups in total. The summed E-state index contributed by atoms with van der Waals surface area (Å²) in [7, 11) is 0. The highest BCUT2D eigenvalue weighted by Gasteiger charge is 2.18. The number of amides is 1. The molecule has 0 aliphatic carbocycles. The first kappa shape index (κ1) is 14.9. The number of aromatic nitrogens is 3. The molecule has 0 fully saturated rings. The van der Waals surface area contributed by atoms with E-state index >= 15 is 0 Å². The number of rotatable bonds is 4. The molecule has 2 aromatic heterocycles. The van der Waals surface area contributed by atoms with E-state index in [2.05, 4.69) is 20.4 Å². The summed E-state index contributed by atoms with van der Waals surface area (Å²) < 4.78 is 5.28. The van der Waals surface area contributed by atoms with Gasteiger partial charge in [-0.3, -0.25) is 9.78 Å². The maximum atomic E-state index is 12.1. The van der Waals surface area contributed by atoms with E-state index in [1.54, 1.807) is 25.3 Å². The Hall–Kier alpha value is -3.02. The Morgan fingerprint density at radius 1 is 1.22 bits per heavy atom. The number of carbonyl (C=O) groups is 1. The van der Waals surface area contributed by atoms with Crippen LogP contribution >= 0.6 is 0 Å². The van der Waals surface area contributed by atoms with Gasteiger partial charge in [-0.05, 0) is 31.5 Å². The molecule has 6 nitrogen and oxygen atoms in total. The Kier molecular flexibility index (Phi) is 4.14. The summed E-state index contributed by atoms with van der Waals surface area (Å²) in [6, 6.07) is 10.8. The first-order valence-electron chi connectivity index (χ1n) is 7.25. The third kappa shape index (κ3) is 3.26. The van der Waals surface area contributed by atoms with Crippen molar-refractivity contribution in [2.24, 2.45) is 0 Å². The van der Waals surface area contributed by atoms with Crippen molar-refractivity contribution >= 4 is 5.91 Å². The second-order valence-electron chi connectivity index (χ2n) is 5.21. The molecular formula is C17H16N4O2. The molecule has 0 saturated carbocycles. The summed E-state index contributed by atoms with van der Waals surface area (Å²) in [5.74, 6) is 0.641. The highest BCUT2D eigenvalue weighted by molar-refractivity contribution is 5.93. The standard InChI is InChI=1S/C17H16N4O2/c1-11-6-3-4-8-14(11)15-20-17(23-21-15)12(2)19-16(22)13-7-5-9-18-10-13/h3-10,12H,1-2H3,(H,19,22)/t12-/m0/s1. The molecule has 1 amide bonds. The quantitative estimate of drug-likeness (QED) is 0.801. The minimum Gasteiger partial charge on any atom is -0.340 e. The predicted octanol–water partition coefficient (Wildman–Crippen LogP) is 2.93. The van der Waals surface area contributed by atoms with Gasteiger partial charge in [0.2, 0.25) is 11.7 Å². The average Bonchev–Trinajstić information content (AvgIpc) is 3.06. The van der Waals surface area contributed by atoms with E-state index in [-0.39, 0.29) is 5.91 Å². The normalized spacial score (nSPS) is 11.9. The van der Waals surface area contributed by atoms with Crippen LogP contribution < -0.4 is 5.32 Å². The van der Waals surface area contributed by atoms with Gasteiger partial charge in [-0.2, -0.15) is 4.98 Å². The zero-order chi connectivity index (χ0) is 16.2. The molecule has 3 rings (SSSR count). The van der Waals surface area contributed by atoms with Crippen molar-refractivity contribution in [3.63, 3.8) is 0 Å². The lowest BCUT2D eigenvalue weighted by atomic mass is 10.1. The fraction of sp³-hybridized carbons (Fsp3) is 0.176. The first-order chi connectivity index (χ1) is 11.1. The Morgan fingerprint density at radius 3 is 2.78 bits per heavy atom. The van der Waals surface area contributed by atoms with E-state index in [0.29, 0.717) is 17.3 Å². The van der Waals surface area contributed by atoms with Crippen LogP contribution in [0.2, 0.25) is 0 Å². The molecule has 1 aromatic carbocycles. The van der Waals surface area contributed by atoms with E-state index in [9.17, 15) is 4.79 Å². The van der Waals surface area contributed by atoms with Gasteiger partial charge in [0, 0.05) is 18.0 Å². The third-order valence-electron chi connectivity index (χ3n) is 3.47. The van der Waals surface area contributed by atoms with Crippen molar-refractivity contribution in [1.29, 1.82) is 0 Å². The van der Waals surface area contributed by atoms with Crippen LogP contribution in [-0.4, -0.2) is 21.0 Å². The van der Waals surface area contributed by atoms with Crippen LogP contribution in [0, 0.1) is 6.92 Å². The zero-order valence-electron chi connectivity index (χ0n) is 12.9. The number of hydrogen-bond acceptors (Lipinski definition) is 5. The Balaban J connectivity index is 1.75. The summed E-state index contributed by atoms with van der Waals surface area (Å²) in [5.41, 5.74) is 2.46. The molecular weight excluding hydrogens is 292 g/mol. The van der Waals surface area contributed by atoms with Crippen LogP contribution in [-0.2, 0) is 0 Å². The lowest BCUT2D eigenvalue weighted by Crippen LogP contribution is -2.26. The van der Waals surface area contributed by atoms with Crippen LogP contribution in [0.25, 0.3) is 11.4 Å². The molecule has 23 heavy (non-hydrogen) atoms. The fourth-order valence-corrected chi connectivity index (χ4v) is 2.18. The number of pyridine rings is 1. The van der Waals surface area contributed by atoms with Crippen molar-refractivity contribution < 1.29 is 9.32 Å². The lowest BCUT2D eigenvalue weighted by Gasteiger charge is -2.09. The van der Waals surface area contributed by atoms with E-state index in [0.717, 1.165) is 11.1 Å². The van der Waals surface area contributed by atoms with E-state index < -0.39 is 6.04 Å². The van der Waals surface area contributed by atoms with Crippen molar-refractivity contribution in [2.75, 3.05) is 0 Å². The third-order valence-corrected chi connectivity index (χ3v) is 3.47. The van der Waals surface area contributed by atoms with Crippen LogP contribution in [0.4, 0.5) is 0 Å². The summed E-state index contributed by atoms with van der Waals surface area (Å²) in [6.45, 7) is 3.78. The van der Waals surface area contributed by atoms with Gasteiger partial charge in [0.1, 0.15) is 6.04 Å². The van der Waals surface area contributed by atoms with Crippen molar-refractivity contribution in [3.8, 4) is 11.4 Å². The lowest BCUT2D eigenvalue weighted by molar-refractivity contribution is 0.0932. The van der Waals surface area contributed by atoms with Gasteiger partial charge in [-0.1, -0.05) is 29.4 Å². The van der Waals surface area contributed by atoms with Gasteiger partial charge >= 0.3 is 0 Å². The van der Waals surface area contributed by atoms with Crippen LogP contribution in [0.3, 0.4) is 0 Å². The summed E-state index contributed by atoms with van der Waals surface area (Å²) in [4.78, 5) is 20.4.